The van der Waals surface area contributed by atoms with Crippen LogP contribution in [0.5, 0.6) is 0 Å². The fourth-order valence-corrected chi connectivity index (χ4v) is 4.89. The molecule has 0 saturated heterocycles. The number of benzene rings is 1. The number of nitrogens with zero attached hydrogens (tertiary/aromatic N) is 2. The van der Waals surface area contributed by atoms with Crippen LogP contribution in [0.2, 0.25) is 0 Å². The molecule has 0 spiro atoms. The Hall–Kier alpha value is -2.16. The van der Waals surface area contributed by atoms with Crippen molar-refractivity contribution in [2.45, 2.75) is 50.8 Å². The summed E-state index contributed by atoms with van der Waals surface area (Å²) in [6, 6.07) is 8.81. The second-order valence-corrected chi connectivity index (χ2v) is 9.60. The molecule has 0 bridgehead atoms. The predicted molar refractivity (Wildman–Crippen MR) is 115 cm³/mol. The van der Waals surface area contributed by atoms with Gasteiger partial charge in [-0.05, 0) is 43.0 Å². The van der Waals surface area contributed by atoms with Crippen molar-refractivity contribution in [1.82, 2.24) is 9.71 Å². The van der Waals surface area contributed by atoms with E-state index in [0.717, 1.165) is 23.4 Å². The number of anilines is 2. The maximum atomic E-state index is 12.8. The predicted octanol–water partition coefficient (Wildman–Crippen LogP) is 3.20. The number of pyridine rings is 1. The van der Waals surface area contributed by atoms with Gasteiger partial charge in [0.2, 0.25) is 10.0 Å². The molecule has 1 aromatic heterocycles. The topological polar surface area (TPSA) is 83.6 Å². The molecule has 8 heteroatoms. The lowest BCUT2D eigenvalue weighted by molar-refractivity contribution is 0.166. The van der Waals surface area contributed by atoms with Crippen LogP contribution in [0.15, 0.2) is 47.6 Å². The van der Waals surface area contributed by atoms with E-state index >= 15 is 0 Å². The van der Waals surface area contributed by atoms with Gasteiger partial charge < -0.3 is 15.0 Å². The SMILES string of the molecule is COCC(CC(C)C)NS(=O)(=O)c1ccc(CN2c3ccncc3NC2C)cc1. The summed E-state index contributed by atoms with van der Waals surface area (Å²) in [5.74, 6) is 0.370. The Bertz CT molecular complexity index is 916. The maximum absolute atomic E-state index is 12.8. The summed E-state index contributed by atoms with van der Waals surface area (Å²) in [5, 5.41) is 3.40. The molecule has 0 saturated carbocycles. The first-order chi connectivity index (χ1) is 13.8. The summed E-state index contributed by atoms with van der Waals surface area (Å²) in [4.78, 5) is 6.65. The van der Waals surface area contributed by atoms with Crippen molar-refractivity contribution >= 4 is 21.4 Å². The molecule has 0 amide bonds. The fraction of sp³-hybridized carbons (Fsp3) is 0.476. The van der Waals surface area contributed by atoms with Crippen molar-refractivity contribution in [3.05, 3.63) is 48.3 Å². The van der Waals surface area contributed by atoms with Crippen LogP contribution in [-0.2, 0) is 21.3 Å². The third-order valence-corrected chi connectivity index (χ3v) is 6.51. The number of sulfonamides is 1. The van der Waals surface area contributed by atoms with Crippen molar-refractivity contribution in [2.24, 2.45) is 5.92 Å². The van der Waals surface area contributed by atoms with Gasteiger partial charge in [0.25, 0.3) is 0 Å². The van der Waals surface area contributed by atoms with Crippen molar-refractivity contribution in [2.75, 3.05) is 23.9 Å². The highest BCUT2D eigenvalue weighted by atomic mass is 32.2. The van der Waals surface area contributed by atoms with Crippen LogP contribution in [-0.4, -0.2) is 39.3 Å². The number of aromatic nitrogens is 1. The number of ether oxygens (including phenoxy) is 1. The van der Waals surface area contributed by atoms with E-state index in [4.69, 9.17) is 4.74 Å². The second-order valence-electron chi connectivity index (χ2n) is 7.89. The smallest absolute Gasteiger partial charge is 0.240 e. The Labute approximate surface area is 173 Å². The molecule has 158 valence electrons. The van der Waals surface area contributed by atoms with Gasteiger partial charge in [-0.1, -0.05) is 26.0 Å². The minimum Gasteiger partial charge on any atom is -0.383 e. The quantitative estimate of drug-likeness (QED) is 0.651. The Morgan fingerprint density at radius 1 is 1.24 bits per heavy atom. The van der Waals surface area contributed by atoms with Crippen LogP contribution in [0.1, 0.15) is 32.8 Å². The van der Waals surface area contributed by atoms with Gasteiger partial charge in [0.05, 0.1) is 35.2 Å². The molecule has 3 rings (SSSR count). The van der Waals surface area contributed by atoms with Gasteiger partial charge in [0.15, 0.2) is 0 Å². The summed E-state index contributed by atoms with van der Waals surface area (Å²) in [5.41, 5.74) is 3.15. The fourth-order valence-electron chi connectivity index (χ4n) is 3.66. The van der Waals surface area contributed by atoms with Gasteiger partial charge in [0, 0.05) is 25.9 Å². The summed E-state index contributed by atoms with van der Waals surface area (Å²) in [6.45, 7) is 7.25. The number of rotatable bonds is 9. The van der Waals surface area contributed by atoms with E-state index in [-0.39, 0.29) is 17.1 Å². The third kappa shape index (κ3) is 5.26. The number of fused-ring (bicyclic) bond motifs is 1. The second kappa shape index (κ2) is 9.11. The molecule has 0 radical (unpaired) electrons. The molecule has 2 N–H and O–H groups in total. The van der Waals surface area contributed by atoms with Crippen molar-refractivity contribution in [3.63, 3.8) is 0 Å². The highest BCUT2D eigenvalue weighted by Gasteiger charge is 2.25. The highest BCUT2D eigenvalue weighted by Crippen LogP contribution is 2.34. The van der Waals surface area contributed by atoms with E-state index in [0.29, 0.717) is 19.1 Å². The maximum Gasteiger partial charge on any atom is 0.240 e. The molecular formula is C21H30N4O3S. The molecule has 2 atom stereocenters. The average molecular weight is 419 g/mol. The summed E-state index contributed by atoms with van der Waals surface area (Å²) < 4.78 is 33.5. The van der Waals surface area contributed by atoms with E-state index in [1.165, 1.54) is 0 Å². The standard InChI is InChI=1S/C21H30N4O3S/c1-15(2)11-18(14-28-4)24-29(26,27)19-7-5-17(6-8-19)13-25-16(3)23-20-12-22-10-9-21(20)25/h5-10,12,15-16,18,23-24H,11,13-14H2,1-4H3. The van der Waals surface area contributed by atoms with Crippen molar-refractivity contribution < 1.29 is 13.2 Å². The average Bonchev–Trinajstić information content (AvgIpc) is 2.97. The summed E-state index contributed by atoms with van der Waals surface area (Å²) in [6.07, 6.45) is 4.46. The van der Waals surface area contributed by atoms with E-state index in [2.05, 4.69) is 40.7 Å². The molecule has 1 aliphatic heterocycles. The van der Waals surface area contributed by atoms with E-state index in [9.17, 15) is 8.42 Å². The molecule has 0 fully saturated rings. The first-order valence-corrected chi connectivity index (χ1v) is 11.4. The van der Waals surface area contributed by atoms with E-state index < -0.39 is 10.0 Å². The molecule has 2 heterocycles. The van der Waals surface area contributed by atoms with Gasteiger partial charge in [-0.15, -0.1) is 0 Å². The molecular weight excluding hydrogens is 388 g/mol. The molecule has 2 unspecified atom stereocenters. The Balaban J connectivity index is 1.71. The van der Waals surface area contributed by atoms with Crippen molar-refractivity contribution in [3.8, 4) is 0 Å². The third-order valence-electron chi connectivity index (χ3n) is 4.97. The zero-order chi connectivity index (χ0) is 21.0. The zero-order valence-corrected chi connectivity index (χ0v) is 18.2. The first kappa shape index (κ1) is 21.5. The van der Waals surface area contributed by atoms with Crippen LogP contribution in [0, 0.1) is 5.92 Å². The van der Waals surface area contributed by atoms with Gasteiger partial charge in [0.1, 0.15) is 0 Å². The van der Waals surface area contributed by atoms with Gasteiger partial charge in [-0.3, -0.25) is 4.98 Å². The molecule has 29 heavy (non-hydrogen) atoms. The molecule has 2 aromatic rings. The van der Waals surface area contributed by atoms with Crippen molar-refractivity contribution in [1.29, 1.82) is 0 Å². The minimum absolute atomic E-state index is 0.144. The summed E-state index contributed by atoms with van der Waals surface area (Å²) in [7, 11) is -2.01. The molecule has 1 aromatic carbocycles. The lowest BCUT2D eigenvalue weighted by atomic mass is 10.1. The van der Waals surface area contributed by atoms with Gasteiger partial charge in [-0.25, -0.2) is 13.1 Å². The zero-order valence-electron chi connectivity index (χ0n) is 17.4. The largest absolute Gasteiger partial charge is 0.383 e. The number of methoxy groups -OCH3 is 1. The summed E-state index contributed by atoms with van der Waals surface area (Å²) >= 11 is 0. The van der Waals surface area contributed by atoms with Crippen LogP contribution in [0.25, 0.3) is 0 Å². The van der Waals surface area contributed by atoms with E-state index in [1.54, 1.807) is 25.4 Å². The monoisotopic (exact) mass is 418 g/mol. The normalized spacial score (nSPS) is 17.3. The number of nitrogens with one attached hydrogen (secondary N) is 2. The van der Waals surface area contributed by atoms with Crippen LogP contribution < -0.4 is 14.9 Å². The van der Waals surface area contributed by atoms with E-state index in [1.807, 2.05) is 24.4 Å². The molecule has 7 nitrogen and oxygen atoms in total. The molecule has 0 aliphatic carbocycles. The Morgan fingerprint density at radius 2 is 1.97 bits per heavy atom. The minimum atomic E-state index is -3.59. The Morgan fingerprint density at radius 3 is 2.62 bits per heavy atom. The highest BCUT2D eigenvalue weighted by molar-refractivity contribution is 7.89. The number of hydrogen-bond acceptors (Lipinski definition) is 6. The van der Waals surface area contributed by atoms with Crippen LogP contribution >= 0.6 is 0 Å². The number of hydrogen-bond donors (Lipinski definition) is 2. The van der Waals surface area contributed by atoms with Crippen LogP contribution in [0.3, 0.4) is 0 Å². The lowest BCUT2D eigenvalue weighted by Crippen LogP contribution is -2.38. The molecule has 1 aliphatic rings. The van der Waals surface area contributed by atoms with Gasteiger partial charge >= 0.3 is 0 Å². The van der Waals surface area contributed by atoms with Crippen LogP contribution in [0.4, 0.5) is 11.4 Å². The Kier molecular flexibility index (Phi) is 6.77. The van der Waals surface area contributed by atoms with Gasteiger partial charge in [-0.2, -0.15) is 0 Å². The first-order valence-electron chi connectivity index (χ1n) is 9.87. The lowest BCUT2D eigenvalue weighted by Gasteiger charge is -2.24.